The second kappa shape index (κ2) is 9.41. The fourth-order valence-corrected chi connectivity index (χ4v) is 5.19. The van der Waals surface area contributed by atoms with Gasteiger partial charge in [0.1, 0.15) is 11.6 Å². The van der Waals surface area contributed by atoms with Crippen molar-refractivity contribution in [3.8, 4) is 5.75 Å². The lowest BCUT2D eigenvalue weighted by molar-refractivity contribution is 0.0735. The number of nitrogens with zero attached hydrogens (tertiary/aromatic N) is 1. The van der Waals surface area contributed by atoms with Crippen molar-refractivity contribution in [1.29, 1.82) is 0 Å². The van der Waals surface area contributed by atoms with Gasteiger partial charge in [0.2, 0.25) is 0 Å². The van der Waals surface area contributed by atoms with E-state index in [4.69, 9.17) is 16.3 Å². The average Bonchev–Trinajstić information content (AvgIpc) is 3.30. The number of carbonyl (C=O) groups is 1. The number of methoxy groups -OCH3 is 1. The van der Waals surface area contributed by atoms with Gasteiger partial charge in [0.05, 0.1) is 28.8 Å². The van der Waals surface area contributed by atoms with Gasteiger partial charge in [-0.25, -0.2) is 12.8 Å². The molecule has 1 amide bonds. The highest BCUT2D eigenvalue weighted by molar-refractivity contribution is 7.92. The first-order valence-corrected chi connectivity index (χ1v) is 12.2. The van der Waals surface area contributed by atoms with E-state index in [-0.39, 0.29) is 27.6 Å². The van der Waals surface area contributed by atoms with Gasteiger partial charge in [0, 0.05) is 12.1 Å². The minimum absolute atomic E-state index is 0.0760. The first-order valence-electron chi connectivity index (χ1n) is 10.3. The van der Waals surface area contributed by atoms with E-state index in [1.807, 2.05) is 24.3 Å². The molecule has 1 heterocycles. The van der Waals surface area contributed by atoms with Gasteiger partial charge in [-0.05, 0) is 73.0 Å². The summed E-state index contributed by atoms with van der Waals surface area (Å²) < 4.78 is 46.2. The topological polar surface area (TPSA) is 75.7 Å². The summed E-state index contributed by atoms with van der Waals surface area (Å²) in [6.45, 7) is 0.592. The van der Waals surface area contributed by atoms with Crippen molar-refractivity contribution in [3.63, 3.8) is 0 Å². The Morgan fingerprint density at radius 1 is 1.09 bits per heavy atom. The number of ether oxygens (including phenoxy) is 1. The Hall–Kier alpha value is -3.10. The predicted octanol–water partition coefficient (Wildman–Crippen LogP) is 5.27. The number of hydrogen-bond donors (Lipinski definition) is 1. The maximum atomic E-state index is 13.3. The Balaban J connectivity index is 1.58. The highest BCUT2D eigenvalue weighted by Gasteiger charge is 2.31. The number of rotatable bonds is 6. The number of amides is 1. The molecule has 1 N–H and O–H groups in total. The number of anilines is 1. The van der Waals surface area contributed by atoms with Crippen molar-refractivity contribution in [2.24, 2.45) is 0 Å². The molecule has 0 radical (unpaired) electrons. The molecule has 0 spiro atoms. The molecule has 0 aromatic heterocycles. The van der Waals surface area contributed by atoms with Crippen LogP contribution in [0.5, 0.6) is 5.75 Å². The van der Waals surface area contributed by atoms with Gasteiger partial charge < -0.3 is 9.64 Å². The minimum Gasteiger partial charge on any atom is -0.497 e. The molecular formula is C24H22ClFN2O4S. The zero-order chi connectivity index (χ0) is 23.6. The van der Waals surface area contributed by atoms with Gasteiger partial charge in [-0.2, -0.15) is 0 Å². The van der Waals surface area contributed by atoms with E-state index in [1.165, 1.54) is 12.1 Å². The van der Waals surface area contributed by atoms with Crippen LogP contribution in [0, 0.1) is 5.82 Å². The second-order valence-electron chi connectivity index (χ2n) is 7.68. The Labute approximate surface area is 197 Å². The smallest absolute Gasteiger partial charge is 0.261 e. The third kappa shape index (κ3) is 4.96. The number of likely N-dealkylation sites (tertiary alicyclic amines) is 1. The third-order valence-corrected chi connectivity index (χ3v) is 7.31. The maximum absolute atomic E-state index is 13.3. The Bertz CT molecular complexity index is 1260. The van der Waals surface area contributed by atoms with Crippen LogP contribution in [-0.4, -0.2) is 32.9 Å². The highest BCUT2D eigenvalue weighted by Crippen LogP contribution is 2.35. The van der Waals surface area contributed by atoms with E-state index in [9.17, 15) is 17.6 Å². The zero-order valence-corrected chi connectivity index (χ0v) is 19.4. The van der Waals surface area contributed by atoms with Crippen molar-refractivity contribution in [3.05, 3.63) is 88.7 Å². The Morgan fingerprint density at radius 2 is 1.79 bits per heavy atom. The van der Waals surface area contributed by atoms with Crippen LogP contribution < -0.4 is 9.46 Å². The molecule has 1 atom stereocenters. The monoisotopic (exact) mass is 488 g/mol. The van der Waals surface area contributed by atoms with Gasteiger partial charge in [0.15, 0.2) is 0 Å². The molecule has 0 saturated carbocycles. The van der Waals surface area contributed by atoms with Crippen LogP contribution >= 0.6 is 11.6 Å². The lowest BCUT2D eigenvalue weighted by atomic mass is 10.0. The summed E-state index contributed by atoms with van der Waals surface area (Å²) in [7, 11) is -2.41. The number of halogens is 2. The molecule has 172 valence electrons. The predicted molar refractivity (Wildman–Crippen MR) is 125 cm³/mol. The van der Waals surface area contributed by atoms with Crippen molar-refractivity contribution in [2.75, 3.05) is 18.4 Å². The molecule has 0 aliphatic carbocycles. The second-order valence-corrected chi connectivity index (χ2v) is 9.77. The minimum atomic E-state index is -4.01. The molecule has 1 aliphatic heterocycles. The largest absolute Gasteiger partial charge is 0.497 e. The standard InChI is InChI=1S/C24H22ClFN2O4S/c1-32-19-9-4-16(5-10-19)23-3-2-14-28(23)24(29)17-6-13-21(25)22(15-17)27-33(30,31)20-11-7-18(26)8-12-20/h4-13,15,23,27H,2-3,14H2,1H3. The van der Waals surface area contributed by atoms with Gasteiger partial charge in [-0.1, -0.05) is 23.7 Å². The van der Waals surface area contributed by atoms with Crippen LogP contribution in [0.25, 0.3) is 0 Å². The van der Waals surface area contributed by atoms with Crippen molar-refractivity contribution in [1.82, 2.24) is 4.90 Å². The number of carbonyl (C=O) groups excluding carboxylic acids is 1. The zero-order valence-electron chi connectivity index (χ0n) is 17.8. The molecule has 1 aliphatic rings. The van der Waals surface area contributed by atoms with Crippen LogP contribution in [-0.2, 0) is 10.0 Å². The highest BCUT2D eigenvalue weighted by atomic mass is 35.5. The lowest BCUT2D eigenvalue weighted by Crippen LogP contribution is -2.30. The van der Waals surface area contributed by atoms with E-state index < -0.39 is 15.8 Å². The van der Waals surface area contributed by atoms with E-state index in [0.29, 0.717) is 12.1 Å². The number of hydrogen-bond acceptors (Lipinski definition) is 4. The van der Waals surface area contributed by atoms with Crippen LogP contribution in [0.15, 0.2) is 71.6 Å². The summed E-state index contributed by atoms with van der Waals surface area (Å²) in [4.78, 5) is 15.0. The first-order chi connectivity index (χ1) is 15.8. The molecule has 1 fully saturated rings. The summed E-state index contributed by atoms with van der Waals surface area (Å²) in [6.07, 6.45) is 1.69. The molecule has 1 saturated heterocycles. The maximum Gasteiger partial charge on any atom is 0.261 e. The summed E-state index contributed by atoms with van der Waals surface area (Å²) in [5.74, 6) is -0.0192. The number of sulfonamides is 1. The molecule has 9 heteroatoms. The molecule has 3 aromatic carbocycles. The average molecular weight is 489 g/mol. The summed E-state index contributed by atoms with van der Waals surface area (Å²) in [5.41, 5.74) is 1.40. The van der Waals surface area contributed by atoms with Gasteiger partial charge in [-0.3, -0.25) is 9.52 Å². The Morgan fingerprint density at radius 3 is 2.45 bits per heavy atom. The normalized spacial score (nSPS) is 16.0. The molecule has 4 rings (SSSR count). The van der Waals surface area contributed by atoms with Crippen LogP contribution in [0.3, 0.4) is 0 Å². The SMILES string of the molecule is COc1ccc(C2CCCN2C(=O)c2ccc(Cl)c(NS(=O)(=O)c3ccc(F)cc3)c2)cc1. The quantitative estimate of drug-likeness (QED) is 0.513. The van der Waals surface area contributed by atoms with Gasteiger partial charge in [0.25, 0.3) is 15.9 Å². The van der Waals surface area contributed by atoms with Crippen molar-refractivity contribution < 1.29 is 22.3 Å². The summed E-state index contributed by atoms with van der Waals surface area (Å²) in [5, 5.41) is 0.144. The molecule has 1 unspecified atom stereocenters. The van der Waals surface area contributed by atoms with E-state index in [0.717, 1.165) is 48.4 Å². The van der Waals surface area contributed by atoms with E-state index >= 15 is 0 Å². The first kappa shape index (κ1) is 23.1. The number of nitrogens with one attached hydrogen (secondary N) is 1. The van der Waals surface area contributed by atoms with E-state index in [1.54, 1.807) is 18.1 Å². The van der Waals surface area contributed by atoms with Crippen LogP contribution in [0.4, 0.5) is 10.1 Å². The molecule has 33 heavy (non-hydrogen) atoms. The van der Waals surface area contributed by atoms with Crippen LogP contribution in [0.1, 0.15) is 34.8 Å². The fourth-order valence-electron chi connectivity index (χ4n) is 3.90. The Kier molecular flexibility index (Phi) is 6.58. The molecule has 0 bridgehead atoms. The van der Waals surface area contributed by atoms with Gasteiger partial charge in [-0.15, -0.1) is 0 Å². The third-order valence-electron chi connectivity index (χ3n) is 5.60. The molecule has 3 aromatic rings. The lowest BCUT2D eigenvalue weighted by Gasteiger charge is -2.25. The van der Waals surface area contributed by atoms with Crippen LogP contribution in [0.2, 0.25) is 5.02 Å². The molecular weight excluding hydrogens is 467 g/mol. The van der Waals surface area contributed by atoms with E-state index in [2.05, 4.69) is 4.72 Å². The van der Waals surface area contributed by atoms with Crippen molar-refractivity contribution in [2.45, 2.75) is 23.8 Å². The number of benzene rings is 3. The summed E-state index contributed by atoms with van der Waals surface area (Å²) in [6, 6.07) is 16.4. The molecule has 6 nitrogen and oxygen atoms in total. The van der Waals surface area contributed by atoms with Gasteiger partial charge >= 0.3 is 0 Å². The fraction of sp³-hybridized carbons (Fsp3) is 0.208. The van der Waals surface area contributed by atoms with Crippen molar-refractivity contribution >= 4 is 33.2 Å². The summed E-state index contributed by atoms with van der Waals surface area (Å²) >= 11 is 6.21.